The summed E-state index contributed by atoms with van der Waals surface area (Å²) in [5, 5.41) is 9.39. The summed E-state index contributed by atoms with van der Waals surface area (Å²) in [4.78, 5) is 11.1. The van der Waals surface area contributed by atoms with Gasteiger partial charge in [-0.15, -0.1) is 0 Å². The topological polar surface area (TPSA) is 37.3 Å². The first-order valence-corrected chi connectivity index (χ1v) is 4.26. The molecule has 0 saturated heterocycles. The van der Waals surface area contributed by atoms with Gasteiger partial charge in [0, 0.05) is 12.8 Å². The molecule has 0 bridgehead atoms. The molecule has 2 nitrogen and oxygen atoms in total. The van der Waals surface area contributed by atoms with Gasteiger partial charge in [0.1, 0.15) is 5.78 Å². The van der Waals surface area contributed by atoms with E-state index in [1.807, 2.05) is 13.8 Å². The molecular weight excluding hydrogens is 140 g/mol. The van der Waals surface area contributed by atoms with E-state index in [2.05, 4.69) is 0 Å². The smallest absolute Gasteiger partial charge is 0.136 e. The number of hydrogen-bond donors (Lipinski definition) is 1. The van der Waals surface area contributed by atoms with E-state index in [1.54, 1.807) is 0 Å². The second-order valence-electron chi connectivity index (χ2n) is 4.04. The fourth-order valence-corrected chi connectivity index (χ4v) is 1.22. The molecule has 0 heterocycles. The fraction of sp³-hybridized carbons (Fsp3) is 0.889. The molecule has 0 aromatic heterocycles. The van der Waals surface area contributed by atoms with E-state index in [0.717, 1.165) is 12.8 Å². The normalized spacial score (nSPS) is 20.4. The van der Waals surface area contributed by atoms with E-state index in [9.17, 15) is 9.90 Å². The van der Waals surface area contributed by atoms with Crippen LogP contribution in [0.3, 0.4) is 0 Å². The minimum Gasteiger partial charge on any atom is -0.389 e. The third kappa shape index (κ3) is 3.02. The zero-order valence-corrected chi connectivity index (χ0v) is 7.26. The molecule has 1 aliphatic rings. The molecule has 1 saturated carbocycles. The highest BCUT2D eigenvalue weighted by Crippen LogP contribution is 2.38. The number of rotatable bonds is 4. The number of carbonyl (C=O) groups is 1. The lowest BCUT2D eigenvalue weighted by atomic mass is 10.0. The van der Waals surface area contributed by atoms with Crippen LogP contribution in [0.25, 0.3) is 0 Å². The van der Waals surface area contributed by atoms with Gasteiger partial charge in [0.05, 0.1) is 5.60 Å². The first kappa shape index (κ1) is 8.72. The van der Waals surface area contributed by atoms with Crippen LogP contribution in [-0.4, -0.2) is 16.5 Å². The summed E-state index contributed by atoms with van der Waals surface area (Å²) in [5.41, 5.74) is -0.591. The van der Waals surface area contributed by atoms with Crippen molar-refractivity contribution in [2.45, 2.75) is 45.1 Å². The second kappa shape index (κ2) is 2.94. The molecule has 1 aliphatic carbocycles. The van der Waals surface area contributed by atoms with Gasteiger partial charge in [-0.3, -0.25) is 4.79 Å². The van der Waals surface area contributed by atoms with Gasteiger partial charge in [-0.2, -0.15) is 0 Å². The van der Waals surface area contributed by atoms with Crippen molar-refractivity contribution in [3.63, 3.8) is 0 Å². The molecule has 1 rings (SSSR count). The van der Waals surface area contributed by atoms with Crippen LogP contribution in [0.5, 0.6) is 0 Å². The van der Waals surface area contributed by atoms with Crippen molar-refractivity contribution in [1.82, 2.24) is 0 Å². The Balaban J connectivity index is 2.21. The lowest BCUT2D eigenvalue weighted by Gasteiger charge is -2.07. The van der Waals surface area contributed by atoms with Gasteiger partial charge in [0.2, 0.25) is 0 Å². The van der Waals surface area contributed by atoms with Crippen molar-refractivity contribution >= 4 is 5.78 Å². The fourth-order valence-electron chi connectivity index (χ4n) is 1.22. The molecular formula is C9H16O2. The largest absolute Gasteiger partial charge is 0.389 e. The van der Waals surface area contributed by atoms with Crippen LogP contribution in [-0.2, 0) is 4.79 Å². The SMILES string of the molecule is CC(C)CC(=O)CC1(O)CC1. The molecule has 0 aliphatic heterocycles. The van der Waals surface area contributed by atoms with E-state index in [0.29, 0.717) is 18.8 Å². The zero-order chi connectivity index (χ0) is 8.48. The van der Waals surface area contributed by atoms with Gasteiger partial charge in [-0.25, -0.2) is 0 Å². The van der Waals surface area contributed by atoms with Crippen LogP contribution in [0, 0.1) is 5.92 Å². The highest BCUT2D eigenvalue weighted by molar-refractivity contribution is 5.80. The first-order valence-electron chi connectivity index (χ1n) is 4.26. The summed E-state index contributed by atoms with van der Waals surface area (Å²) in [6, 6.07) is 0. The zero-order valence-electron chi connectivity index (χ0n) is 7.26. The molecule has 0 aromatic rings. The monoisotopic (exact) mass is 156 g/mol. The van der Waals surface area contributed by atoms with Gasteiger partial charge < -0.3 is 5.11 Å². The number of carbonyl (C=O) groups excluding carboxylic acids is 1. The highest BCUT2D eigenvalue weighted by atomic mass is 16.3. The number of Topliss-reactive ketones (excluding diaryl/α,β-unsaturated/α-hetero) is 1. The van der Waals surface area contributed by atoms with E-state index in [1.165, 1.54) is 0 Å². The Kier molecular flexibility index (Phi) is 2.33. The van der Waals surface area contributed by atoms with E-state index in [-0.39, 0.29) is 5.78 Å². The van der Waals surface area contributed by atoms with Gasteiger partial charge in [-0.05, 0) is 18.8 Å². The van der Waals surface area contributed by atoms with E-state index in [4.69, 9.17) is 0 Å². The molecule has 11 heavy (non-hydrogen) atoms. The Labute approximate surface area is 67.6 Å². The van der Waals surface area contributed by atoms with Crippen molar-refractivity contribution < 1.29 is 9.90 Å². The summed E-state index contributed by atoms with van der Waals surface area (Å²) < 4.78 is 0. The van der Waals surface area contributed by atoms with Crippen molar-refractivity contribution in [3.8, 4) is 0 Å². The summed E-state index contributed by atoms with van der Waals surface area (Å²) >= 11 is 0. The standard InChI is InChI=1S/C9H16O2/c1-7(2)5-8(10)6-9(11)3-4-9/h7,11H,3-6H2,1-2H3. The Hall–Kier alpha value is -0.370. The molecule has 0 atom stereocenters. The maximum Gasteiger partial charge on any atom is 0.136 e. The summed E-state index contributed by atoms with van der Waals surface area (Å²) in [5.74, 6) is 0.629. The molecule has 64 valence electrons. The van der Waals surface area contributed by atoms with E-state index >= 15 is 0 Å². The molecule has 1 fully saturated rings. The molecule has 0 unspecified atom stereocenters. The molecule has 1 N–H and O–H groups in total. The summed E-state index contributed by atoms with van der Waals surface area (Å²) in [6.45, 7) is 4.05. The lowest BCUT2D eigenvalue weighted by Crippen LogP contribution is -2.15. The Bertz CT molecular complexity index is 157. The van der Waals surface area contributed by atoms with Gasteiger partial charge in [-0.1, -0.05) is 13.8 Å². The van der Waals surface area contributed by atoms with Crippen molar-refractivity contribution in [2.75, 3.05) is 0 Å². The second-order valence-corrected chi connectivity index (χ2v) is 4.04. The minimum atomic E-state index is -0.591. The first-order chi connectivity index (χ1) is 5.02. The quantitative estimate of drug-likeness (QED) is 0.670. The molecule has 0 radical (unpaired) electrons. The third-order valence-corrected chi connectivity index (χ3v) is 1.99. The molecule has 2 heteroatoms. The van der Waals surface area contributed by atoms with Gasteiger partial charge in [0.15, 0.2) is 0 Å². The van der Waals surface area contributed by atoms with Crippen molar-refractivity contribution in [3.05, 3.63) is 0 Å². The lowest BCUT2D eigenvalue weighted by molar-refractivity contribution is -0.122. The number of aliphatic hydroxyl groups is 1. The number of hydrogen-bond acceptors (Lipinski definition) is 2. The van der Waals surface area contributed by atoms with Crippen molar-refractivity contribution in [2.24, 2.45) is 5.92 Å². The van der Waals surface area contributed by atoms with Gasteiger partial charge in [0.25, 0.3) is 0 Å². The molecule has 0 aromatic carbocycles. The van der Waals surface area contributed by atoms with Crippen LogP contribution in [0.4, 0.5) is 0 Å². The van der Waals surface area contributed by atoms with Gasteiger partial charge >= 0.3 is 0 Å². The van der Waals surface area contributed by atoms with Crippen LogP contribution in [0.15, 0.2) is 0 Å². The Morgan fingerprint density at radius 2 is 2.09 bits per heavy atom. The van der Waals surface area contributed by atoms with Crippen molar-refractivity contribution in [1.29, 1.82) is 0 Å². The average molecular weight is 156 g/mol. The predicted octanol–water partition coefficient (Wildman–Crippen LogP) is 1.52. The molecule has 0 amide bonds. The maximum atomic E-state index is 11.1. The summed E-state index contributed by atoms with van der Waals surface area (Å²) in [7, 11) is 0. The Morgan fingerprint density at radius 1 is 1.55 bits per heavy atom. The minimum absolute atomic E-state index is 0.208. The predicted molar refractivity (Wildman–Crippen MR) is 43.3 cm³/mol. The number of ketones is 1. The van der Waals surface area contributed by atoms with Crippen LogP contribution >= 0.6 is 0 Å². The van der Waals surface area contributed by atoms with Crippen LogP contribution in [0.1, 0.15) is 39.5 Å². The van der Waals surface area contributed by atoms with E-state index < -0.39 is 5.60 Å². The highest BCUT2D eigenvalue weighted by Gasteiger charge is 2.41. The average Bonchev–Trinajstić information content (AvgIpc) is 2.44. The molecule has 0 spiro atoms. The van der Waals surface area contributed by atoms with Crippen LogP contribution in [0.2, 0.25) is 0 Å². The Morgan fingerprint density at radius 3 is 2.45 bits per heavy atom. The maximum absolute atomic E-state index is 11.1. The third-order valence-electron chi connectivity index (χ3n) is 1.99. The summed E-state index contributed by atoms with van der Waals surface area (Å²) in [6.07, 6.45) is 2.63. The van der Waals surface area contributed by atoms with Crippen LogP contribution < -0.4 is 0 Å².